The molecule has 0 atom stereocenters. The molecule has 0 saturated carbocycles. The Hall–Kier alpha value is -1.62. The van der Waals surface area contributed by atoms with Gasteiger partial charge in [0.05, 0.1) is 6.20 Å². The molecule has 0 aliphatic carbocycles. The number of aromatic nitrogens is 2. The minimum Gasteiger partial charge on any atom is -0.354 e. The number of nitrogens with one attached hydrogen (secondary N) is 1. The molecule has 0 fully saturated rings. The number of carbonyl (C=O) groups excluding carboxylic acids is 1. The normalized spacial score (nSPS) is 11.4. The number of hydrogen-bond acceptors (Lipinski definition) is 2. The summed E-state index contributed by atoms with van der Waals surface area (Å²) in [5.74, 6) is -0.0247. The molecule has 1 aromatic carbocycles. The average Bonchev–Trinajstić information content (AvgIpc) is 2.82. The second-order valence-corrected chi connectivity index (χ2v) is 6.80. The van der Waals surface area contributed by atoms with Crippen LogP contribution in [0.15, 0.2) is 41.1 Å². The van der Waals surface area contributed by atoms with Gasteiger partial charge in [0.15, 0.2) is 0 Å². The Bertz CT molecular complexity index is 617. The minimum atomic E-state index is -0.115. The Morgan fingerprint density at radius 2 is 2.00 bits per heavy atom. The molecular formula is C16H20BrN3O. The number of rotatable bonds is 5. The van der Waals surface area contributed by atoms with Gasteiger partial charge in [0.1, 0.15) is 6.54 Å². The first-order valence-electron chi connectivity index (χ1n) is 6.89. The number of benzene rings is 1. The van der Waals surface area contributed by atoms with Gasteiger partial charge < -0.3 is 5.32 Å². The topological polar surface area (TPSA) is 46.9 Å². The first kappa shape index (κ1) is 15.8. The standard InChI is InChI=1S/C16H20BrN3O/c1-12-8-19-20(9-12)10-15(21)18-11-16(2,3)13-4-6-14(17)7-5-13/h4-9H,10-11H2,1-3H3,(H,18,21). The van der Waals surface area contributed by atoms with Crippen LogP contribution in [0.2, 0.25) is 0 Å². The molecule has 112 valence electrons. The summed E-state index contributed by atoms with van der Waals surface area (Å²) < 4.78 is 2.71. The lowest BCUT2D eigenvalue weighted by Crippen LogP contribution is -2.38. The van der Waals surface area contributed by atoms with Crippen molar-refractivity contribution in [3.8, 4) is 0 Å². The molecule has 2 rings (SSSR count). The fraction of sp³-hybridized carbons (Fsp3) is 0.375. The Balaban J connectivity index is 1.91. The second-order valence-electron chi connectivity index (χ2n) is 5.88. The molecule has 0 unspecified atom stereocenters. The fourth-order valence-corrected chi connectivity index (χ4v) is 2.34. The first-order valence-corrected chi connectivity index (χ1v) is 7.68. The zero-order valence-electron chi connectivity index (χ0n) is 12.6. The summed E-state index contributed by atoms with van der Waals surface area (Å²) in [6.07, 6.45) is 3.61. The van der Waals surface area contributed by atoms with Crippen LogP contribution in [-0.2, 0) is 16.8 Å². The smallest absolute Gasteiger partial charge is 0.241 e. The third-order valence-corrected chi connectivity index (χ3v) is 3.95. The van der Waals surface area contributed by atoms with Crippen LogP contribution in [0.5, 0.6) is 0 Å². The maximum absolute atomic E-state index is 12.0. The van der Waals surface area contributed by atoms with Gasteiger partial charge in [-0.05, 0) is 30.2 Å². The van der Waals surface area contributed by atoms with E-state index in [-0.39, 0.29) is 17.9 Å². The predicted molar refractivity (Wildman–Crippen MR) is 87.1 cm³/mol. The Kier molecular flexibility index (Phi) is 4.83. The van der Waals surface area contributed by atoms with Crippen LogP contribution in [0.25, 0.3) is 0 Å². The summed E-state index contributed by atoms with van der Waals surface area (Å²) in [5, 5.41) is 7.10. The first-order chi connectivity index (χ1) is 9.87. The summed E-state index contributed by atoms with van der Waals surface area (Å²) in [5.41, 5.74) is 2.13. The molecule has 1 heterocycles. The maximum atomic E-state index is 12.0. The summed E-state index contributed by atoms with van der Waals surface area (Å²) in [7, 11) is 0. The lowest BCUT2D eigenvalue weighted by atomic mass is 9.84. The van der Waals surface area contributed by atoms with Gasteiger partial charge in [-0.25, -0.2) is 0 Å². The zero-order chi connectivity index (χ0) is 15.5. The average molecular weight is 350 g/mol. The SMILES string of the molecule is Cc1cnn(CC(=O)NCC(C)(C)c2ccc(Br)cc2)c1. The van der Waals surface area contributed by atoms with Crippen molar-refractivity contribution in [2.75, 3.05) is 6.54 Å². The highest BCUT2D eigenvalue weighted by Gasteiger charge is 2.21. The van der Waals surface area contributed by atoms with Crippen molar-refractivity contribution >= 4 is 21.8 Å². The van der Waals surface area contributed by atoms with E-state index in [4.69, 9.17) is 0 Å². The molecule has 0 saturated heterocycles. The summed E-state index contributed by atoms with van der Waals surface area (Å²) in [6.45, 7) is 7.04. The molecule has 21 heavy (non-hydrogen) atoms. The second kappa shape index (κ2) is 6.43. The Morgan fingerprint density at radius 3 is 2.57 bits per heavy atom. The molecule has 5 heteroatoms. The van der Waals surface area contributed by atoms with Crippen LogP contribution >= 0.6 is 15.9 Å². The number of nitrogens with zero attached hydrogens (tertiary/aromatic N) is 2. The third-order valence-electron chi connectivity index (χ3n) is 3.42. The highest BCUT2D eigenvalue weighted by atomic mass is 79.9. The van der Waals surface area contributed by atoms with Crippen LogP contribution < -0.4 is 5.32 Å². The van der Waals surface area contributed by atoms with Gasteiger partial charge in [0.25, 0.3) is 0 Å². The molecular weight excluding hydrogens is 330 g/mol. The summed E-state index contributed by atoms with van der Waals surface area (Å²) in [4.78, 5) is 12.0. The Morgan fingerprint density at radius 1 is 1.33 bits per heavy atom. The zero-order valence-corrected chi connectivity index (χ0v) is 14.1. The van der Waals surface area contributed by atoms with Crippen molar-refractivity contribution < 1.29 is 4.79 Å². The Labute approximate surface area is 133 Å². The number of amides is 1. The molecule has 0 bridgehead atoms. The molecule has 1 N–H and O–H groups in total. The van der Waals surface area contributed by atoms with Crippen LogP contribution in [-0.4, -0.2) is 22.2 Å². The van der Waals surface area contributed by atoms with Crippen molar-refractivity contribution in [3.05, 3.63) is 52.3 Å². The van der Waals surface area contributed by atoms with Crippen molar-refractivity contribution in [1.82, 2.24) is 15.1 Å². The molecule has 0 radical (unpaired) electrons. The molecule has 4 nitrogen and oxygen atoms in total. The van der Waals surface area contributed by atoms with Gasteiger partial charge in [-0.15, -0.1) is 0 Å². The van der Waals surface area contributed by atoms with Gasteiger partial charge in [0.2, 0.25) is 5.91 Å². The van der Waals surface area contributed by atoms with Gasteiger partial charge in [0, 0.05) is 22.6 Å². The number of aryl methyl sites for hydroxylation is 1. The van der Waals surface area contributed by atoms with E-state index in [2.05, 4.69) is 52.3 Å². The van der Waals surface area contributed by atoms with Gasteiger partial charge in [-0.3, -0.25) is 9.48 Å². The third kappa shape index (κ3) is 4.43. The van der Waals surface area contributed by atoms with Crippen LogP contribution in [0.3, 0.4) is 0 Å². The van der Waals surface area contributed by atoms with Gasteiger partial charge >= 0.3 is 0 Å². The van der Waals surface area contributed by atoms with E-state index in [1.165, 1.54) is 5.56 Å². The van der Waals surface area contributed by atoms with Crippen LogP contribution in [0.1, 0.15) is 25.0 Å². The monoisotopic (exact) mass is 349 g/mol. The molecule has 2 aromatic rings. The van der Waals surface area contributed by atoms with Crippen molar-refractivity contribution in [1.29, 1.82) is 0 Å². The van der Waals surface area contributed by atoms with E-state index in [1.807, 2.05) is 25.3 Å². The predicted octanol–water partition coefficient (Wildman–Crippen LogP) is 3.05. The lowest BCUT2D eigenvalue weighted by Gasteiger charge is -2.25. The van der Waals surface area contributed by atoms with E-state index in [1.54, 1.807) is 10.9 Å². The molecule has 0 spiro atoms. The highest BCUT2D eigenvalue weighted by Crippen LogP contribution is 2.23. The van der Waals surface area contributed by atoms with Gasteiger partial charge in [-0.2, -0.15) is 5.10 Å². The molecule has 0 aliphatic rings. The quantitative estimate of drug-likeness (QED) is 0.901. The van der Waals surface area contributed by atoms with Crippen molar-refractivity contribution in [3.63, 3.8) is 0 Å². The largest absolute Gasteiger partial charge is 0.354 e. The summed E-state index contributed by atoms with van der Waals surface area (Å²) >= 11 is 3.43. The molecule has 1 amide bonds. The fourth-order valence-electron chi connectivity index (χ4n) is 2.08. The molecule has 1 aromatic heterocycles. The van der Waals surface area contributed by atoms with Crippen LogP contribution in [0.4, 0.5) is 0 Å². The van der Waals surface area contributed by atoms with E-state index < -0.39 is 0 Å². The van der Waals surface area contributed by atoms with Crippen molar-refractivity contribution in [2.45, 2.75) is 32.7 Å². The number of hydrogen-bond donors (Lipinski definition) is 1. The van der Waals surface area contributed by atoms with Gasteiger partial charge in [-0.1, -0.05) is 41.9 Å². The van der Waals surface area contributed by atoms with Crippen molar-refractivity contribution in [2.24, 2.45) is 0 Å². The minimum absolute atomic E-state index is 0.0247. The highest BCUT2D eigenvalue weighted by molar-refractivity contribution is 9.10. The van der Waals surface area contributed by atoms with E-state index in [0.29, 0.717) is 6.54 Å². The summed E-state index contributed by atoms with van der Waals surface area (Å²) in [6, 6.07) is 8.19. The van der Waals surface area contributed by atoms with E-state index >= 15 is 0 Å². The lowest BCUT2D eigenvalue weighted by molar-refractivity contribution is -0.122. The number of halogens is 1. The van der Waals surface area contributed by atoms with E-state index in [9.17, 15) is 4.79 Å². The number of carbonyl (C=O) groups is 1. The maximum Gasteiger partial charge on any atom is 0.241 e. The van der Waals surface area contributed by atoms with Crippen LogP contribution in [0, 0.1) is 6.92 Å². The van der Waals surface area contributed by atoms with E-state index in [0.717, 1.165) is 10.0 Å². The molecule has 0 aliphatic heterocycles.